The van der Waals surface area contributed by atoms with Gasteiger partial charge < -0.3 is 21.1 Å². The molecule has 16 heavy (non-hydrogen) atoms. The van der Waals surface area contributed by atoms with Crippen molar-refractivity contribution in [3.8, 4) is 0 Å². The van der Waals surface area contributed by atoms with Crippen molar-refractivity contribution in [1.29, 1.82) is 0 Å². The van der Waals surface area contributed by atoms with Crippen LogP contribution in [-0.2, 0) is 33.1 Å². The smallest absolute Gasteiger partial charge is 0.326 e. The number of carbonyl (C=O) groups is 2. The topological polar surface area (TPSA) is 121 Å². The summed E-state index contributed by atoms with van der Waals surface area (Å²) in [6, 6.07) is -0.985. The van der Waals surface area contributed by atoms with Gasteiger partial charge in [-0.1, -0.05) is 0 Å². The first-order chi connectivity index (χ1) is 7.13. The first kappa shape index (κ1) is 14.6. The van der Waals surface area contributed by atoms with E-state index >= 15 is 0 Å². The number of amides is 1. The molecule has 0 saturated carbocycles. The van der Waals surface area contributed by atoms with Crippen LogP contribution >= 0.6 is 0 Å². The van der Waals surface area contributed by atoms with E-state index in [1.807, 2.05) is 0 Å². The molecule has 93 valence electrons. The Labute approximate surface area is 102 Å². The van der Waals surface area contributed by atoms with Crippen LogP contribution in [0.1, 0.15) is 5.69 Å². The second kappa shape index (κ2) is 6.99. The van der Waals surface area contributed by atoms with E-state index in [1.165, 1.54) is 12.5 Å². The van der Waals surface area contributed by atoms with Crippen LogP contribution in [0.25, 0.3) is 0 Å². The maximum atomic E-state index is 10.9. The van der Waals surface area contributed by atoms with Gasteiger partial charge in [0.05, 0.1) is 12.9 Å². The van der Waals surface area contributed by atoms with Crippen molar-refractivity contribution in [2.24, 2.45) is 5.73 Å². The van der Waals surface area contributed by atoms with Gasteiger partial charge in [0, 0.05) is 35.4 Å². The Hall–Kier alpha value is -1.37. The Bertz CT molecular complexity index is 341. The molecular weight excluding hydrogens is 264 g/mol. The van der Waals surface area contributed by atoms with Gasteiger partial charge in [0.1, 0.15) is 6.04 Å². The molecule has 0 bridgehead atoms. The van der Waals surface area contributed by atoms with E-state index in [9.17, 15) is 9.59 Å². The van der Waals surface area contributed by atoms with Crippen molar-refractivity contribution in [2.45, 2.75) is 12.5 Å². The van der Waals surface area contributed by atoms with E-state index in [0.29, 0.717) is 5.69 Å². The largest absolute Gasteiger partial charge is 0.480 e. The predicted octanol–water partition coefficient (Wildman–Crippen LogP) is -1.52. The predicted molar refractivity (Wildman–Crippen MR) is 50.9 cm³/mol. The van der Waals surface area contributed by atoms with Gasteiger partial charge in [-0.15, -0.1) is 0 Å². The van der Waals surface area contributed by atoms with E-state index in [-0.39, 0.29) is 30.0 Å². The molecule has 1 amide bonds. The van der Waals surface area contributed by atoms with Crippen LogP contribution in [0.15, 0.2) is 12.5 Å². The molecule has 7 nitrogen and oxygen atoms in total. The zero-order chi connectivity index (χ0) is 11.3. The number of aromatic amines is 1. The van der Waals surface area contributed by atoms with Crippen LogP contribution in [0.2, 0.25) is 0 Å². The summed E-state index contributed by atoms with van der Waals surface area (Å²) in [6.07, 6.45) is 3.10. The zero-order valence-corrected chi connectivity index (χ0v) is 9.18. The summed E-state index contributed by atoms with van der Waals surface area (Å²) in [7, 11) is 0. The number of hydrogen-bond donors (Lipinski definition) is 4. The molecule has 1 aromatic heterocycles. The molecule has 0 aliphatic heterocycles. The average molecular weight is 276 g/mol. The van der Waals surface area contributed by atoms with Gasteiger partial charge in [-0.3, -0.25) is 4.79 Å². The molecule has 0 fully saturated rings. The number of carboxylic acids is 1. The molecule has 1 atom stereocenters. The Balaban J connectivity index is 0.00000225. The molecule has 5 N–H and O–H groups in total. The van der Waals surface area contributed by atoms with Crippen molar-refractivity contribution in [1.82, 2.24) is 15.3 Å². The number of nitrogens with zero attached hydrogens (tertiary/aromatic N) is 1. The third-order valence-electron chi connectivity index (χ3n) is 1.80. The maximum Gasteiger partial charge on any atom is 0.326 e. The quantitative estimate of drug-likeness (QED) is 0.486. The second-order valence-electron chi connectivity index (χ2n) is 2.94. The monoisotopic (exact) mass is 275 g/mol. The number of nitrogens with one attached hydrogen (secondary N) is 2. The van der Waals surface area contributed by atoms with Crippen LogP contribution in [0.4, 0.5) is 0 Å². The van der Waals surface area contributed by atoms with Crippen LogP contribution in [0.5, 0.6) is 0 Å². The van der Waals surface area contributed by atoms with Gasteiger partial charge in [-0.25, -0.2) is 9.78 Å². The second-order valence-corrected chi connectivity index (χ2v) is 2.94. The van der Waals surface area contributed by atoms with Gasteiger partial charge in [0.25, 0.3) is 0 Å². The van der Waals surface area contributed by atoms with Crippen LogP contribution in [0, 0.1) is 0 Å². The van der Waals surface area contributed by atoms with Crippen molar-refractivity contribution in [3.63, 3.8) is 0 Å². The minimum absolute atomic E-state index is 0. The van der Waals surface area contributed by atoms with Gasteiger partial charge in [0.2, 0.25) is 5.91 Å². The van der Waals surface area contributed by atoms with E-state index < -0.39 is 17.9 Å². The molecule has 0 aromatic carbocycles. The molecule has 1 rings (SSSR count). The summed E-state index contributed by atoms with van der Waals surface area (Å²) in [5, 5.41) is 11.1. The molecule has 8 heteroatoms. The number of hydrogen-bond acceptors (Lipinski definition) is 4. The third kappa shape index (κ3) is 4.43. The SMILES string of the molecule is NCC(=O)N[C@@H](Cc1cnc[nH]1)C(=O)O.[Cu]. The number of nitrogens with two attached hydrogens (primary N) is 1. The molecule has 0 aliphatic rings. The molecule has 1 radical (unpaired) electrons. The third-order valence-corrected chi connectivity index (χ3v) is 1.80. The van der Waals surface area contributed by atoms with Gasteiger partial charge in [-0.05, 0) is 0 Å². The fourth-order valence-corrected chi connectivity index (χ4v) is 1.07. The normalized spacial score (nSPS) is 11.3. The fraction of sp³-hybridized carbons (Fsp3) is 0.375. The maximum absolute atomic E-state index is 10.9. The molecule has 0 aliphatic carbocycles. The van der Waals surface area contributed by atoms with Crippen LogP contribution < -0.4 is 11.1 Å². The summed E-state index contributed by atoms with van der Waals surface area (Å²) >= 11 is 0. The van der Waals surface area contributed by atoms with Crippen molar-refractivity contribution in [3.05, 3.63) is 18.2 Å². The molecular formula is C8H12CuN4O3. The van der Waals surface area contributed by atoms with Gasteiger partial charge in [-0.2, -0.15) is 0 Å². The molecule has 1 aromatic rings. The number of imidazole rings is 1. The number of rotatable bonds is 5. The first-order valence-electron chi connectivity index (χ1n) is 4.33. The Morgan fingerprint density at radius 2 is 2.31 bits per heavy atom. The Kier molecular flexibility index (Phi) is 6.40. The number of carboxylic acid groups (broad SMARTS) is 1. The van der Waals surface area contributed by atoms with Crippen LogP contribution in [-0.4, -0.2) is 39.5 Å². The van der Waals surface area contributed by atoms with Crippen LogP contribution in [0.3, 0.4) is 0 Å². The minimum atomic E-state index is -1.11. The fourth-order valence-electron chi connectivity index (χ4n) is 1.07. The first-order valence-corrected chi connectivity index (χ1v) is 4.33. The Morgan fingerprint density at radius 3 is 2.75 bits per heavy atom. The van der Waals surface area contributed by atoms with Crippen molar-refractivity contribution in [2.75, 3.05) is 6.54 Å². The summed E-state index contributed by atoms with van der Waals surface area (Å²) < 4.78 is 0. The Morgan fingerprint density at radius 1 is 1.62 bits per heavy atom. The molecule has 1 heterocycles. The molecule has 0 spiro atoms. The van der Waals surface area contributed by atoms with E-state index in [2.05, 4.69) is 15.3 Å². The number of carbonyl (C=O) groups excluding carboxylic acids is 1. The zero-order valence-electron chi connectivity index (χ0n) is 8.24. The van der Waals surface area contributed by atoms with Crippen molar-refractivity contribution >= 4 is 11.9 Å². The summed E-state index contributed by atoms with van der Waals surface area (Å²) in [6.45, 7) is -0.229. The number of aromatic nitrogens is 2. The number of aliphatic carboxylic acids is 1. The van der Waals surface area contributed by atoms with Crippen molar-refractivity contribution < 1.29 is 31.8 Å². The summed E-state index contributed by atoms with van der Waals surface area (Å²) in [4.78, 5) is 28.2. The van der Waals surface area contributed by atoms with E-state index in [0.717, 1.165) is 0 Å². The summed E-state index contributed by atoms with van der Waals surface area (Å²) in [5.41, 5.74) is 5.71. The van der Waals surface area contributed by atoms with Gasteiger partial charge in [0.15, 0.2) is 0 Å². The molecule has 0 unspecified atom stereocenters. The average Bonchev–Trinajstić information content (AvgIpc) is 2.69. The van der Waals surface area contributed by atoms with E-state index in [4.69, 9.17) is 10.8 Å². The van der Waals surface area contributed by atoms with E-state index in [1.54, 1.807) is 0 Å². The number of H-pyrrole nitrogens is 1. The minimum Gasteiger partial charge on any atom is -0.480 e. The van der Waals surface area contributed by atoms with Gasteiger partial charge >= 0.3 is 5.97 Å². The summed E-state index contributed by atoms with van der Waals surface area (Å²) in [5.74, 6) is -1.60. The standard InChI is InChI=1S/C8H12N4O3.Cu/c9-2-7(13)12-6(8(14)15)1-5-3-10-4-11-5;/h3-4,6H,1-2,9H2,(H,10,11)(H,12,13)(H,14,15);/t6-;/m0./s1. The molecule has 0 saturated heterocycles.